The molecule has 0 aliphatic heterocycles. The minimum Gasteiger partial charge on any atom is -0.479 e. The van der Waals surface area contributed by atoms with Crippen LogP contribution < -0.4 is 10.5 Å². The summed E-state index contributed by atoms with van der Waals surface area (Å²) in [4.78, 5) is 8.79. The number of hydrogen-bond donors (Lipinski definition) is 1. The van der Waals surface area contributed by atoms with Crippen LogP contribution in [0.3, 0.4) is 0 Å². The maximum Gasteiger partial charge on any atom is 0.241 e. The molecule has 2 aromatic rings. The lowest BCUT2D eigenvalue weighted by Crippen LogP contribution is -1.99. The highest BCUT2D eigenvalue weighted by Gasteiger charge is 2.09. The third-order valence-corrected chi connectivity index (χ3v) is 3.06. The molecular formula is C11H10FN3OS. The second-order valence-corrected chi connectivity index (χ2v) is 4.22. The molecule has 1 heterocycles. The lowest BCUT2D eigenvalue weighted by Gasteiger charge is -2.07. The van der Waals surface area contributed by atoms with E-state index in [4.69, 9.17) is 10.5 Å². The van der Waals surface area contributed by atoms with Gasteiger partial charge in [-0.3, -0.25) is 0 Å². The molecule has 88 valence electrons. The van der Waals surface area contributed by atoms with Crippen molar-refractivity contribution in [2.45, 2.75) is 9.92 Å². The molecule has 6 heteroatoms. The minimum absolute atomic E-state index is 0.275. The van der Waals surface area contributed by atoms with Gasteiger partial charge in [0.25, 0.3) is 0 Å². The SMILES string of the molecule is COc1ncnc(Sc2ccc(F)cc2)c1N. The second-order valence-electron chi connectivity index (χ2n) is 3.16. The molecule has 2 N–H and O–H groups in total. The predicted octanol–water partition coefficient (Wildman–Crippen LogP) is 2.36. The lowest BCUT2D eigenvalue weighted by atomic mass is 10.4. The Labute approximate surface area is 102 Å². The molecule has 0 bridgehead atoms. The van der Waals surface area contributed by atoms with E-state index in [1.807, 2.05) is 0 Å². The van der Waals surface area contributed by atoms with Crippen LogP contribution in [0, 0.1) is 5.82 Å². The van der Waals surface area contributed by atoms with Gasteiger partial charge in [0, 0.05) is 4.90 Å². The van der Waals surface area contributed by atoms with Crippen molar-refractivity contribution in [3.05, 3.63) is 36.4 Å². The quantitative estimate of drug-likeness (QED) is 0.848. The number of hydrogen-bond acceptors (Lipinski definition) is 5. The number of aromatic nitrogens is 2. The Morgan fingerprint density at radius 3 is 2.59 bits per heavy atom. The van der Waals surface area contributed by atoms with Crippen molar-refractivity contribution < 1.29 is 9.13 Å². The van der Waals surface area contributed by atoms with Gasteiger partial charge >= 0.3 is 0 Å². The zero-order chi connectivity index (χ0) is 12.3. The van der Waals surface area contributed by atoms with Crippen LogP contribution in [0.15, 0.2) is 40.5 Å². The lowest BCUT2D eigenvalue weighted by molar-refractivity contribution is 0.397. The molecule has 0 radical (unpaired) electrons. The topological polar surface area (TPSA) is 61.0 Å². The fourth-order valence-corrected chi connectivity index (χ4v) is 2.02. The van der Waals surface area contributed by atoms with Crippen molar-refractivity contribution in [3.8, 4) is 5.88 Å². The molecule has 0 saturated heterocycles. The Hall–Kier alpha value is -1.82. The number of methoxy groups -OCH3 is 1. The molecule has 0 amide bonds. The molecule has 0 fully saturated rings. The first-order chi connectivity index (χ1) is 8.20. The Bertz CT molecular complexity index is 519. The average Bonchev–Trinajstić information content (AvgIpc) is 2.35. The number of ether oxygens (including phenoxy) is 1. The second kappa shape index (κ2) is 5.01. The third-order valence-electron chi connectivity index (χ3n) is 2.03. The normalized spacial score (nSPS) is 10.2. The number of nitrogens with two attached hydrogens (primary N) is 1. The summed E-state index contributed by atoms with van der Waals surface area (Å²) in [6, 6.07) is 6.09. The molecule has 0 aliphatic carbocycles. The Kier molecular flexibility index (Phi) is 3.43. The molecule has 0 unspecified atom stereocenters. The molecule has 0 aliphatic rings. The zero-order valence-corrected chi connectivity index (χ0v) is 9.87. The Morgan fingerprint density at radius 2 is 1.94 bits per heavy atom. The molecule has 0 spiro atoms. The number of rotatable bonds is 3. The van der Waals surface area contributed by atoms with Gasteiger partial charge in [-0.05, 0) is 24.3 Å². The van der Waals surface area contributed by atoms with E-state index in [1.54, 1.807) is 12.1 Å². The van der Waals surface area contributed by atoms with Crippen molar-refractivity contribution >= 4 is 17.4 Å². The molecule has 1 aromatic heterocycles. The van der Waals surface area contributed by atoms with E-state index in [0.29, 0.717) is 16.6 Å². The fraction of sp³-hybridized carbons (Fsp3) is 0.0909. The van der Waals surface area contributed by atoms with E-state index < -0.39 is 0 Å². The Morgan fingerprint density at radius 1 is 1.24 bits per heavy atom. The first-order valence-corrected chi connectivity index (χ1v) is 5.60. The number of anilines is 1. The van der Waals surface area contributed by atoms with Crippen molar-refractivity contribution in [1.82, 2.24) is 9.97 Å². The predicted molar refractivity (Wildman–Crippen MR) is 63.5 cm³/mol. The molecule has 1 aromatic carbocycles. The van der Waals surface area contributed by atoms with Crippen molar-refractivity contribution in [2.75, 3.05) is 12.8 Å². The first kappa shape index (κ1) is 11.7. The van der Waals surface area contributed by atoms with Gasteiger partial charge in [0.1, 0.15) is 22.9 Å². The summed E-state index contributed by atoms with van der Waals surface area (Å²) in [5, 5.41) is 0.587. The van der Waals surface area contributed by atoms with Gasteiger partial charge in [-0.1, -0.05) is 11.8 Å². The first-order valence-electron chi connectivity index (χ1n) is 4.78. The number of benzene rings is 1. The molecule has 0 saturated carbocycles. The van der Waals surface area contributed by atoms with Gasteiger partial charge < -0.3 is 10.5 Å². The maximum atomic E-state index is 12.7. The van der Waals surface area contributed by atoms with Crippen LogP contribution in [0.1, 0.15) is 0 Å². The average molecular weight is 251 g/mol. The molecule has 17 heavy (non-hydrogen) atoms. The Balaban J connectivity index is 2.27. The largest absolute Gasteiger partial charge is 0.479 e. The zero-order valence-electron chi connectivity index (χ0n) is 9.05. The summed E-state index contributed by atoms with van der Waals surface area (Å²) in [5.74, 6) is 0.0622. The van der Waals surface area contributed by atoms with Gasteiger partial charge in [0.05, 0.1) is 7.11 Å². The molecular weight excluding hydrogens is 241 g/mol. The van der Waals surface area contributed by atoms with Crippen LogP contribution in [0.2, 0.25) is 0 Å². The van der Waals surface area contributed by atoms with Gasteiger partial charge in [-0.2, -0.15) is 4.98 Å². The van der Waals surface area contributed by atoms with Crippen LogP contribution in [-0.4, -0.2) is 17.1 Å². The summed E-state index contributed by atoms with van der Waals surface area (Å²) in [6.07, 6.45) is 1.38. The van der Waals surface area contributed by atoms with Gasteiger partial charge in [-0.15, -0.1) is 0 Å². The summed E-state index contributed by atoms with van der Waals surface area (Å²) in [7, 11) is 1.49. The number of halogens is 1. The highest BCUT2D eigenvalue weighted by Crippen LogP contribution is 2.33. The van der Waals surface area contributed by atoms with Crippen LogP contribution in [0.4, 0.5) is 10.1 Å². The maximum absolute atomic E-state index is 12.7. The van der Waals surface area contributed by atoms with Gasteiger partial charge in [0.2, 0.25) is 5.88 Å². The van der Waals surface area contributed by atoms with Crippen LogP contribution in [-0.2, 0) is 0 Å². The van der Waals surface area contributed by atoms with Crippen LogP contribution in [0.5, 0.6) is 5.88 Å². The van der Waals surface area contributed by atoms with Crippen LogP contribution >= 0.6 is 11.8 Å². The van der Waals surface area contributed by atoms with Crippen molar-refractivity contribution in [1.29, 1.82) is 0 Å². The molecule has 2 rings (SSSR count). The number of nitrogen functional groups attached to an aromatic ring is 1. The van der Waals surface area contributed by atoms with Crippen molar-refractivity contribution in [3.63, 3.8) is 0 Å². The third kappa shape index (κ3) is 2.65. The molecule has 0 atom stereocenters. The minimum atomic E-state index is -0.275. The van der Waals surface area contributed by atoms with E-state index in [0.717, 1.165) is 4.90 Å². The smallest absolute Gasteiger partial charge is 0.241 e. The van der Waals surface area contributed by atoms with Crippen LogP contribution in [0.25, 0.3) is 0 Å². The van der Waals surface area contributed by atoms with E-state index in [2.05, 4.69) is 9.97 Å². The van der Waals surface area contributed by atoms with E-state index in [9.17, 15) is 4.39 Å². The monoisotopic (exact) mass is 251 g/mol. The van der Waals surface area contributed by atoms with E-state index in [-0.39, 0.29) is 5.82 Å². The summed E-state index contributed by atoms with van der Waals surface area (Å²) >= 11 is 1.33. The van der Waals surface area contributed by atoms with E-state index in [1.165, 1.54) is 37.3 Å². The van der Waals surface area contributed by atoms with Gasteiger partial charge in [-0.25, -0.2) is 9.37 Å². The fourth-order valence-electron chi connectivity index (χ4n) is 1.22. The highest BCUT2D eigenvalue weighted by atomic mass is 32.2. The summed E-state index contributed by atoms with van der Waals surface area (Å²) < 4.78 is 17.7. The summed E-state index contributed by atoms with van der Waals surface area (Å²) in [5.41, 5.74) is 6.21. The van der Waals surface area contributed by atoms with Crippen molar-refractivity contribution in [2.24, 2.45) is 0 Å². The van der Waals surface area contributed by atoms with Gasteiger partial charge in [0.15, 0.2) is 0 Å². The number of nitrogens with zero attached hydrogens (tertiary/aromatic N) is 2. The highest BCUT2D eigenvalue weighted by molar-refractivity contribution is 7.99. The van der Waals surface area contributed by atoms with E-state index >= 15 is 0 Å². The summed E-state index contributed by atoms with van der Waals surface area (Å²) in [6.45, 7) is 0. The molecule has 4 nitrogen and oxygen atoms in total. The standard InChI is InChI=1S/C11H10FN3OS/c1-16-10-9(13)11(15-6-14-10)17-8-4-2-7(12)3-5-8/h2-6H,13H2,1H3.